The summed E-state index contributed by atoms with van der Waals surface area (Å²) in [5, 5.41) is 0. The summed E-state index contributed by atoms with van der Waals surface area (Å²) in [4.78, 5) is 0. The molecule has 0 nitrogen and oxygen atoms in total. The van der Waals surface area contributed by atoms with Gasteiger partial charge in [-0.15, -0.1) is 0 Å². The number of rotatable bonds is 3. The SMILES string of the molecule is CCC[CH2][Tl]([CH3])[CH3]. The van der Waals surface area contributed by atoms with Crippen molar-refractivity contribution in [2.45, 2.75) is 32.7 Å². The van der Waals surface area contributed by atoms with Crippen molar-refractivity contribution in [3.8, 4) is 0 Å². The van der Waals surface area contributed by atoms with Crippen LogP contribution in [0.5, 0.6) is 0 Å². The van der Waals surface area contributed by atoms with E-state index in [1.165, 1.54) is 12.8 Å². The molecule has 7 heavy (non-hydrogen) atoms. The van der Waals surface area contributed by atoms with Crippen LogP contribution >= 0.6 is 0 Å². The van der Waals surface area contributed by atoms with E-state index < -0.39 is 22.7 Å². The van der Waals surface area contributed by atoms with Gasteiger partial charge in [-0.3, -0.25) is 0 Å². The monoisotopic (exact) mass is 292 g/mol. The second-order valence-electron chi connectivity index (χ2n) is 2.54. The molecule has 0 bridgehead atoms. The molecule has 0 saturated carbocycles. The molecule has 0 saturated heterocycles. The van der Waals surface area contributed by atoms with Crippen LogP contribution in [0.1, 0.15) is 19.8 Å². The Bertz CT molecular complexity index is 33.2. The Kier molecular flexibility index (Phi) is 5.73. The Balaban J connectivity index is 2.68. The van der Waals surface area contributed by atoms with Gasteiger partial charge in [0.25, 0.3) is 0 Å². The van der Waals surface area contributed by atoms with E-state index in [0.29, 0.717) is 0 Å². The molecule has 0 heterocycles. The fraction of sp³-hybridized carbons (Fsp3) is 1.00. The first kappa shape index (κ1) is 7.92. The van der Waals surface area contributed by atoms with Gasteiger partial charge in [-0.1, -0.05) is 0 Å². The zero-order chi connectivity index (χ0) is 5.70. The molecule has 0 fully saturated rings. The fourth-order valence-corrected chi connectivity index (χ4v) is 5.37. The average Bonchev–Trinajstić information content (AvgIpc) is 1.61. The van der Waals surface area contributed by atoms with E-state index in [4.69, 9.17) is 0 Å². The Morgan fingerprint density at radius 1 is 1.29 bits per heavy atom. The van der Waals surface area contributed by atoms with Gasteiger partial charge in [-0.2, -0.15) is 0 Å². The average molecular weight is 292 g/mol. The normalized spacial score (nSPS) is 9.00. The summed E-state index contributed by atoms with van der Waals surface area (Å²) in [6, 6.07) is 0. The molecule has 0 aromatic carbocycles. The van der Waals surface area contributed by atoms with Crippen molar-refractivity contribution in [2.24, 2.45) is 0 Å². The maximum absolute atomic E-state index is 2.50. The van der Waals surface area contributed by atoms with E-state index in [1.807, 2.05) is 0 Å². The molecule has 0 rings (SSSR count). The van der Waals surface area contributed by atoms with E-state index >= 15 is 0 Å². The zero-order valence-electron chi connectivity index (χ0n) is 5.70. The van der Waals surface area contributed by atoms with Crippen LogP contribution in [0.4, 0.5) is 0 Å². The van der Waals surface area contributed by atoms with Crippen LogP contribution in [0.3, 0.4) is 0 Å². The van der Waals surface area contributed by atoms with Gasteiger partial charge in [-0.05, 0) is 0 Å². The van der Waals surface area contributed by atoms with Crippen molar-refractivity contribution in [2.75, 3.05) is 0 Å². The molecule has 0 N–H and O–H groups in total. The fourth-order valence-electron chi connectivity index (χ4n) is 0.612. The second kappa shape index (κ2) is 5.07. The van der Waals surface area contributed by atoms with Gasteiger partial charge in [0.15, 0.2) is 0 Å². The number of unbranched alkanes of at least 4 members (excludes halogenated alkanes) is 1. The quantitative estimate of drug-likeness (QED) is 0.701. The van der Waals surface area contributed by atoms with Gasteiger partial charge < -0.3 is 0 Å². The van der Waals surface area contributed by atoms with Crippen LogP contribution in [0, 0.1) is 0 Å². The van der Waals surface area contributed by atoms with Crippen LogP contribution in [-0.2, 0) is 0 Å². The van der Waals surface area contributed by atoms with Crippen molar-refractivity contribution >= 4 is 22.7 Å². The summed E-state index contributed by atoms with van der Waals surface area (Å²) in [7, 11) is 0. The van der Waals surface area contributed by atoms with E-state index in [-0.39, 0.29) is 0 Å². The van der Waals surface area contributed by atoms with Crippen LogP contribution in [0.15, 0.2) is 0 Å². The molecule has 0 radical (unpaired) electrons. The molecule has 0 aliphatic carbocycles. The topological polar surface area (TPSA) is 0 Å². The summed E-state index contributed by atoms with van der Waals surface area (Å²) in [6.07, 6.45) is 2.90. The Morgan fingerprint density at radius 2 is 1.86 bits per heavy atom. The van der Waals surface area contributed by atoms with Crippen LogP contribution in [-0.4, -0.2) is 22.7 Å². The van der Waals surface area contributed by atoms with Gasteiger partial charge in [0.1, 0.15) is 0 Å². The molecule has 0 atom stereocenters. The van der Waals surface area contributed by atoms with Crippen molar-refractivity contribution in [3.63, 3.8) is 0 Å². The first-order valence-corrected chi connectivity index (χ1v) is 15.4. The van der Waals surface area contributed by atoms with Crippen molar-refractivity contribution in [3.05, 3.63) is 0 Å². The zero-order valence-corrected chi connectivity index (χ0v) is 10.2. The van der Waals surface area contributed by atoms with Crippen LogP contribution < -0.4 is 0 Å². The first-order valence-electron chi connectivity index (χ1n) is 3.27. The van der Waals surface area contributed by atoms with Crippen molar-refractivity contribution < 1.29 is 0 Å². The van der Waals surface area contributed by atoms with E-state index in [0.717, 1.165) is 0 Å². The molecule has 0 aliphatic heterocycles. The molecule has 1 heteroatoms. The molecular formula is C6H15Tl. The Morgan fingerprint density at radius 3 is 2.00 bits per heavy atom. The number of hydrogen-bond donors (Lipinski definition) is 0. The van der Waals surface area contributed by atoms with E-state index in [2.05, 4.69) is 15.9 Å². The van der Waals surface area contributed by atoms with Gasteiger partial charge in [-0.25, -0.2) is 0 Å². The molecule has 0 spiro atoms. The third-order valence-electron chi connectivity index (χ3n) is 1.14. The standard InChI is InChI=1S/C4H9.2CH3.Tl/c1-3-4-2;;;/h1,3-4H2,2H3;2*1H3;. The molecule has 0 aliphatic rings. The summed E-state index contributed by atoms with van der Waals surface area (Å²) >= 11 is -0.843. The minimum atomic E-state index is -0.843. The third-order valence-corrected chi connectivity index (χ3v) is 7.21. The third kappa shape index (κ3) is 6.92. The van der Waals surface area contributed by atoms with Gasteiger partial charge in [0.05, 0.1) is 0 Å². The predicted molar refractivity (Wildman–Crippen MR) is 37.2 cm³/mol. The second-order valence-corrected chi connectivity index (χ2v) is 15.6. The maximum atomic E-state index is 2.50. The minimum absolute atomic E-state index is 0.843. The van der Waals surface area contributed by atoms with Crippen molar-refractivity contribution in [1.29, 1.82) is 0 Å². The van der Waals surface area contributed by atoms with E-state index in [1.54, 1.807) is 3.98 Å². The summed E-state index contributed by atoms with van der Waals surface area (Å²) in [5.74, 6) is 0. The molecule has 0 unspecified atom stereocenters. The van der Waals surface area contributed by atoms with E-state index in [9.17, 15) is 0 Å². The predicted octanol–water partition coefficient (Wildman–Crippen LogP) is 2.54. The summed E-state index contributed by atoms with van der Waals surface area (Å²) in [5.41, 5.74) is 0. The molecule has 42 valence electrons. The molecule has 0 aromatic heterocycles. The molecule has 0 amide bonds. The molecular weight excluding hydrogens is 276 g/mol. The van der Waals surface area contributed by atoms with Gasteiger partial charge in [0, 0.05) is 0 Å². The Hall–Kier alpha value is 0.922. The van der Waals surface area contributed by atoms with Gasteiger partial charge in [0.2, 0.25) is 0 Å². The van der Waals surface area contributed by atoms with Gasteiger partial charge >= 0.3 is 55.4 Å². The number of hydrogen-bond acceptors (Lipinski definition) is 0. The van der Waals surface area contributed by atoms with Crippen LogP contribution in [0.25, 0.3) is 0 Å². The van der Waals surface area contributed by atoms with Crippen molar-refractivity contribution in [1.82, 2.24) is 0 Å². The summed E-state index contributed by atoms with van der Waals surface area (Å²) in [6.45, 7) is 2.27. The first-order chi connectivity index (χ1) is 3.27. The summed E-state index contributed by atoms with van der Waals surface area (Å²) < 4.78 is 6.61. The Labute approximate surface area is 55.4 Å². The molecule has 0 aromatic rings. The van der Waals surface area contributed by atoms with Crippen LogP contribution in [0.2, 0.25) is 12.9 Å².